The minimum Gasteiger partial charge on any atom is -0.481 e. The summed E-state index contributed by atoms with van der Waals surface area (Å²) in [5.74, 6) is -0.431. The molecule has 29 heavy (non-hydrogen) atoms. The molecule has 1 aliphatic heterocycles. The summed E-state index contributed by atoms with van der Waals surface area (Å²) >= 11 is 0. The molecular formula is C24H45NO4. The zero-order chi connectivity index (χ0) is 21.2. The van der Waals surface area contributed by atoms with Gasteiger partial charge in [-0.05, 0) is 51.1 Å². The molecule has 0 aromatic heterocycles. The first-order valence-corrected chi connectivity index (χ1v) is 12.2. The number of carboxylic acids is 2. The Morgan fingerprint density at radius 2 is 1.10 bits per heavy atom. The van der Waals surface area contributed by atoms with Crippen LogP contribution in [0.3, 0.4) is 0 Å². The number of likely N-dealkylation sites (tertiary alicyclic amines) is 1. The molecule has 0 amide bonds. The van der Waals surface area contributed by atoms with Gasteiger partial charge in [-0.15, -0.1) is 0 Å². The van der Waals surface area contributed by atoms with Crippen molar-refractivity contribution in [3.63, 3.8) is 0 Å². The molecule has 0 radical (unpaired) electrons. The lowest BCUT2D eigenvalue weighted by Crippen LogP contribution is -2.21. The second kappa shape index (κ2) is 17.7. The van der Waals surface area contributed by atoms with Gasteiger partial charge in [0.1, 0.15) is 0 Å². The molecule has 1 fully saturated rings. The zero-order valence-electron chi connectivity index (χ0n) is 18.6. The van der Waals surface area contributed by atoms with Gasteiger partial charge in [0.15, 0.2) is 0 Å². The van der Waals surface area contributed by atoms with E-state index < -0.39 is 11.9 Å². The quantitative estimate of drug-likeness (QED) is 0.236. The van der Waals surface area contributed by atoms with E-state index in [0.717, 1.165) is 31.6 Å². The lowest BCUT2D eigenvalue weighted by Gasteiger charge is -2.16. The standard InChI is InChI=1S/C24H45NO4/c26-23(27)16-12-8-4-1-3-7-11-15-22-18-20-25(21-22)19-14-10-6-2-5-9-13-17-24(28)29/h22H,1-21H2,(H,26,27)(H,28,29). The highest BCUT2D eigenvalue weighted by Gasteiger charge is 2.21. The smallest absolute Gasteiger partial charge is 0.303 e. The zero-order valence-corrected chi connectivity index (χ0v) is 18.6. The predicted octanol–water partition coefficient (Wildman–Crippen LogP) is 6.11. The van der Waals surface area contributed by atoms with Crippen molar-refractivity contribution in [1.82, 2.24) is 4.90 Å². The highest BCUT2D eigenvalue weighted by Crippen LogP contribution is 2.23. The van der Waals surface area contributed by atoms with Crippen molar-refractivity contribution in [2.75, 3.05) is 19.6 Å². The van der Waals surface area contributed by atoms with Crippen LogP contribution in [-0.2, 0) is 9.59 Å². The van der Waals surface area contributed by atoms with Gasteiger partial charge in [0.05, 0.1) is 0 Å². The van der Waals surface area contributed by atoms with Gasteiger partial charge in [-0.1, -0.05) is 70.6 Å². The molecule has 0 spiro atoms. The third kappa shape index (κ3) is 16.4. The molecule has 1 rings (SSSR count). The Labute approximate surface area is 178 Å². The van der Waals surface area contributed by atoms with Gasteiger partial charge < -0.3 is 15.1 Å². The minimum absolute atomic E-state index is 0.324. The summed E-state index contributed by atoms with van der Waals surface area (Å²) in [4.78, 5) is 23.6. The maximum atomic E-state index is 10.5. The van der Waals surface area contributed by atoms with Crippen LogP contribution in [-0.4, -0.2) is 46.7 Å². The maximum absolute atomic E-state index is 10.5. The topological polar surface area (TPSA) is 77.8 Å². The Bertz CT molecular complexity index is 389. The van der Waals surface area contributed by atoms with Crippen LogP contribution in [0.25, 0.3) is 0 Å². The molecule has 170 valence electrons. The molecule has 5 nitrogen and oxygen atoms in total. The fourth-order valence-corrected chi connectivity index (χ4v) is 4.44. The van der Waals surface area contributed by atoms with Crippen LogP contribution in [0.15, 0.2) is 0 Å². The Balaban J connectivity index is 1.82. The molecule has 1 heterocycles. The summed E-state index contributed by atoms with van der Waals surface area (Å²) in [6, 6.07) is 0. The van der Waals surface area contributed by atoms with Gasteiger partial charge in [0.25, 0.3) is 0 Å². The van der Waals surface area contributed by atoms with Crippen molar-refractivity contribution in [2.45, 2.75) is 116 Å². The minimum atomic E-state index is -0.668. The Morgan fingerprint density at radius 3 is 1.62 bits per heavy atom. The van der Waals surface area contributed by atoms with Crippen LogP contribution in [0.2, 0.25) is 0 Å². The lowest BCUT2D eigenvalue weighted by atomic mass is 9.99. The van der Waals surface area contributed by atoms with E-state index in [1.165, 1.54) is 96.7 Å². The summed E-state index contributed by atoms with van der Waals surface area (Å²) in [5, 5.41) is 17.2. The van der Waals surface area contributed by atoms with E-state index in [1.807, 2.05) is 0 Å². The summed E-state index contributed by atoms with van der Waals surface area (Å²) < 4.78 is 0. The third-order valence-corrected chi connectivity index (χ3v) is 6.24. The molecule has 0 aromatic carbocycles. The Morgan fingerprint density at radius 1 is 0.655 bits per heavy atom. The number of rotatable bonds is 20. The van der Waals surface area contributed by atoms with Gasteiger partial charge in [0.2, 0.25) is 0 Å². The molecule has 0 bridgehead atoms. The first-order valence-electron chi connectivity index (χ1n) is 12.2. The molecular weight excluding hydrogens is 366 g/mol. The van der Waals surface area contributed by atoms with Crippen LogP contribution in [0.1, 0.15) is 116 Å². The van der Waals surface area contributed by atoms with Gasteiger partial charge in [0, 0.05) is 19.4 Å². The predicted molar refractivity (Wildman–Crippen MR) is 118 cm³/mol. The van der Waals surface area contributed by atoms with Crippen LogP contribution in [0, 0.1) is 5.92 Å². The molecule has 5 heteroatoms. The Kier molecular flexibility index (Phi) is 15.9. The highest BCUT2D eigenvalue weighted by molar-refractivity contribution is 5.66. The average Bonchev–Trinajstić information content (AvgIpc) is 3.12. The number of aliphatic carboxylic acids is 2. The SMILES string of the molecule is O=C(O)CCCCCCCCCC1CCN(CCCCCCCCCC(=O)O)C1. The van der Waals surface area contributed by atoms with E-state index in [9.17, 15) is 9.59 Å². The lowest BCUT2D eigenvalue weighted by molar-refractivity contribution is -0.138. The van der Waals surface area contributed by atoms with E-state index >= 15 is 0 Å². The van der Waals surface area contributed by atoms with E-state index in [0.29, 0.717) is 12.8 Å². The van der Waals surface area contributed by atoms with Crippen LogP contribution >= 0.6 is 0 Å². The van der Waals surface area contributed by atoms with Crippen LogP contribution in [0.5, 0.6) is 0 Å². The van der Waals surface area contributed by atoms with Gasteiger partial charge in [-0.25, -0.2) is 0 Å². The van der Waals surface area contributed by atoms with E-state index in [1.54, 1.807) is 0 Å². The second-order valence-electron chi connectivity index (χ2n) is 8.98. The molecule has 1 atom stereocenters. The number of hydrogen-bond donors (Lipinski definition) is 2. The summed E-state index contributed by atoms with van der Waals surface area (Å²) in [6.45, 7) is 3.83. The van der Waals surface area contributed by atoms with Gasteiger partial charge in [-0.2, -0.15) is 0 Å². The average molecular weight is 412 g/mol. The monoisotopic (exact) mass is 411 g/mol. The summed E-state index contributed by atoms with van der Waals surface area (Å²) in [6.07, 6.45) is 20.0. The molecule has 1 unspecified atom stereocenters. The number of hydrogen-bond acceptors (Lipinski definition) is 3. The fraction of sp³-hybridized carbons (Fsp3) is 0.917. The van der Waals surface area contributed by atoms with Crippen molar-refractivity contribution in [1.29, 1.82) is 0 Å². The molecule has 1 aliphatic rings. The third-order valence-electron chi connectivity index (χ3n) is 6.24. The second-order valence-corrected chi connectivity index (χ2v) is 8.98. The van der Waals surface area contributed by atoms with Crippen molar-refractivity contribution < 1.29 is 19.8 Å². The number of carbonyl (C=O) groups is 2. The molecule has 2 N–H and O–H groups in total. The highest BCUT2D eigenvalue weighted by atomic mass is 16.4. The van der Waals surface area contributed by atoms with Crippen LogP contribution in [0.4, 0.5) is 0 Å². The first-order chi connectivity index (χ1) is 14.1. The normalized spacial score (nSPS) is 17.0. The maximum Gasteiger partial charge on any atom is 0.303 e. The van der Waals surface area contributed by atoms with Gasteiger partial charge in [-0.3, -0.25) is 9.59 Å². The molecule has 0 aliphatic carbocycles. The summed E-state index contributed by atoms with van der Waals surface area (Å²) in [7, 11) is 0. The summed E-state index contributed by atoms with van der Waals surface area (Å²) in [5.41, 5.74) is 0. The Hall–Kier alpha value is -1.10. The van der Waals surface area contributed by atoms with Crippen LogP contribution < -0.4 is 0 Å². The van der Waals surface area contributed by atoms with E-state index in [2.05, 4.69) is 4.90 Å². The number of nitrogens with zero attached hydrogens (tertiary/aromatic N) is 1. The van der Waals surface area contributed by atoms with E-state index in [-0.39, 0.29) is 0 Å². The number of unbranched alkanes of at least 4 members (excludes halogenated alkanes) is 12. The first kappa shape index (κ1) is 25.9. The van der Waals surface area contributed by atoms with Crippen molar-refractivity contribution in [3.8, 4) is 0 Å². The molecule has 1 saturated heterocycles. The van der Waals surface area contributed by atoms with Crippen molar-refractivity contribution in [3.05, 3.63) is 0 Å². The van der Waals surface area contributed by atoms with E-state index in [4.69, 9.17) is 10.2 Å². The fourth-order valence-electron chi connectivity index (χ4n) is 4.44. The largest absolute Gasteiger partial charge is 0.481 e. The van der Waals surface area contributed by atoms with Crippen molar-refractivity contribution >= 4 is 11.9 Å². The molecule has 0 saturated carbocycles. The number of carboxylic acid groups (broad SMARTS) is 2. The molecule has 0 aromatic rings. The van der Waals surface area contributed by atoms with Crippen molar-refractivity contribution in [2.24, 2.45) is 5.92 Å². The van der Waals surface area contributed by atoms with Gasteiger partial charge >= 0.3 is 11.9 Å².